The number of nitrogens with two attached hydrogens (primary N) is 1. The van der Waals surface area contributed by atoms with Crippen molar-refractivity contribution >= 4 is 15.7 Å². The molecule has 9 heteroatoms. The van der Waals surface area contributed by atoms with Gasteiger partial charge in [-0.1, -0.05) is 0 Å². The summed E-state index contributed by atoms with van der Waals surface area (Å²) in [5, 5.41) is 8.82. The monoisotopic (exact) mass is 310 g/mol. The lowest BCUT2D eigenvalue weighted by Crippen LogP contribution is -2.39. The summed E-state index contributed by atoms with van der Waals surface area (Å²) in [6, 6.07) is 0.635. The Hall–Kier alpha value is -1.29. The molecule has 0 amide bonds. The van der Waals surface area contributed by atoms with Gasteiger partial charge >= 0.3 is 0 Å². The van der Waals surface area contributed by atoms with E-state index in [-0.39, 0.29) is 25.3 Å². The van der Waals surface area contributed by atoms with Gasteiger partial charge in [-0.05, 0) is 18.6 Å². The molecule has 0 saturated heterocycles. The third kappa shape index (κ3) is 4.10. The number of ether oxygens (including phenoxy) is 1. The lowest BCUT2D eigenvalue weighted by Gasteiger charge is -2.17. The number of rotatable bonds is 7. The zero-order valence-corrected chi connectivity index (χ0v) is 11.6. The molecule has 0 aliphatic rings. The summed E-state index contributed by atoms with van der Waals surface area (Å²) in [7, 11) is -3.09. The van der Waals surface area contributed by atoms with Crippen LogP contribution in [0.5, 0.6) is 0 Å². The molecule has 0 fully saturated rings. The van der Waals surface area contributed by atoms with Gasteiger partial charge in [0, 0.05) is 25.4 Å². The Balaban J connectivity index is 3.10. The Bertz CT molecular complexity index is 537. The fourth-order valence-electron chi connectivity index (χ4n) is 1.65. The number of benzene rings is 1. The predicted octanol–water partition coefficient (Wildman–Crippen LogP) is 0.223. The van der Waals surface area contributed by atoms with E-state index < -0.39 is 32.6 Å². The third-order valence-corrected chi connectivity index (χ3v) is 4.03. The van der Waals surface area contributed by atoms with E-state index in [1.54, 1.807) is 0 Å². The molecule has 0 spiro atoms. The van der Waals surface area contributed by atoms with Crippen molar-refractivity contribution in [3.63, 3.8) is 0 Å². The highest BCUT2D eigenvalue weighted by Crippen LogP contribution is 2.22. The molecule has 114 valence electrons. The molecule has 6 nitrogen and oxygen atoms in total. The maximum absolute atomic E-state index is 13.6. The van der Waals surface area contributed by atoms with Gasteiger partial charge in [0.2, 0.25) is 10.0 Å². The smallest absolute Gasteiger partial charge is 0.246 e. The second kappa shape index (κ2) is 6.93. The molecule has 1 rings (SSSR count). The minimum absolute atomic E-state index is 0.0437. The first kappa shape index (κ1) is 16.8. The van der Waals surface area contributed by atoms with Crippen molar-refractivity contribution in [1.82, 2.24) is 4.72 Å². The molecule has 1 atom stereocenters. The maximum Gasteiger partial charge on any atom is 0.246 e. The van der Waals surface area contributed by atoms with Gasteiger partial charge in [0.1, 0.15) is 11.6 Å². The van der Waals surface area contributed by atoms with Crippen molar-refractivity contribution < 1.29 is 27.0 Å². The Kier molecular flexibility index (Phi) is 5.81. The Morgan fingerprint density at radius 2 is 1.95 bits per heavy atom. The van der Waals surface area contributed by atoms with Crippen LogP contribution in [0.15, 0.2) is 17.0 Å². The number of nitrogen functional groups attached to an aromatic ring is 1. The summed E-state index contributed by atoms with van der Waals surface area (Å²) in [6.45, 7) is -0.346. The average Bonchev–Trinajstić information content (AvgIpc) is 2.26. The molecule has 0 aliphatic heterocycles. The van der Waals surface area contributed by atoms with E-state index in [2.05, 4.69) is 4.72 Å². The summed E-state index contributed by atoms with van der Waals surface area (Å²) >= 11 is 0. The van der Waals surface area contributed by atoms with Crippen molar-refractivity contribution in [3.8, 4) is 0 Å². The van der Waals surface area contributed by atoms with E-state index in [1.807, 2.05) is 0 Å². The van der Waals surface area contributed by atoms with Gasteiger partial charge in [-0.25, -0.2) is 21.9 Å². The molecule has 4 N–H and O–H groups in total. The highest BCUT2D eigenvalue weighted by atomic mass is 32.2. The van der Waals surface area contributed by atoms with Gasteiger partial charge in [-0.3, -0.25) is 0 Å². The normalized spacial score (nSPS) is 13.4. The van der Waals surface area contributed by atoms with Crippen LogP contribution in [-0.4, -0.2) is 39.9 Å². The lowest BCUT2D eigenvalue weighted by atomic mass is 10.2. The molecule has 20 heavy (non-hydrogen) atoms. The van der Waals surface area contributed by atoms with Crippen LogP contribution < -0.4 is 10.5 Å². The van der Waals surface area contributed by atoms with Gasteiger partial charge in [-0.15, -0.1) is 0 Å². The van der Waals surface area contributed by atoms with Gasteiger partial charge < -0.3 is 15.6 Å². The van der Waals surface area contributed by atoms with Crippen molar-refractivity contribution in [2.75, 3.05) is 26.1 Å². The average molecular weight is 310 g/mol. The second-order valence-electron chi connectivity index (χ2n) is 4.10. The number of nitrogens with one attached hydrogen (secondary N) is 1. The zero-order valence-electron chi connectivity index (χ0n) is 10.8. The van der Waals surface area contributed by atoms with Crippen LogP contribution in [-0.2, 0) is 14.8 Å². The number of halogens is 2. The number of aliphatic hydroxyl groups excluding tert-OH is 1. The molecule has 1 aromatic carbocycles. The van der Waals surface area contributed by atoms with Crippen LogP contribution in [0.2, 0.25) is 0 Å². The van der Waals surface area contributed by atoms with Crippen LogP contribution >= 0.6 is 0 Å². The predicted molar refractivity (Wildman–Crippen MR) is 68.5 cm³/mol. The summed E-state index contributed by atoms with van der Waals surface area (Å²) in [6.07, 6.45) is 0.0469. The Morgan fingerprint density at radius 1 is 1.40 bits per heavy atom. The van der Waals surface area contributed by atoms with E-state index in [4.69, 9.17) is 15.6 Å². The van der Waals surface area contributed by atoms with Gasteiger partial charge in [0.05, 0.1) is 6.61 Å². The first-order valence-corrected chi connectivity index (χ1v) is 7.16. The van der Waals surface area contributed by atoms with Crippen molar-refractivity contribution in [3.05, 3.63) is 23.8 Å². The lowest BCUT2D eigenvalue weighted by molar-refractivity contribution is 0.158. The van der Waals surface area contributed by atoms with Crippen LogP contribution in [0.1, 0.15) is 6.42 Å². The van der Waals surface area contributed by atoms with E-state index in [0.717, 1.165) is 12.1 Å². The first-order valence-electron chi connectivity index (χ1n) is 5.68. The molecule has 0 saturated carbocycles. The summed E-state index contributed by atoms with van der Waals surface area (Å²) in [5.74, 6) is -2.56. The van der Waals surface area contributed by atoms with E-state index in [0.29, 0.717) is 0 Å². The fourth-order valence-corrected chi connectivity index (χ4v) is 3.02. The van der Waals surface area contributed by atoms with Crippen LogP contribution in [0.25, 0.3) is 0 Å². The van der Waals surface area contributed by atoms with Crippen molar-refractivity contribution in [1.29, 1.82) is 0 Å². The van der Waals surface area contributed by atoms with Gasteiger partial charge in [0.25, 0.3) is 0 Å². The van der Waals surface area contributed by atoms with Crippen molar-refractivity contribution in [2.24, 2.45) is 0 Å². The van der Waals surface area contributed by atoms with E-state index >= 15 is 0 Å². The molecule has 0 bridgehead atoms. The highest BCUT2D eigenvalue weighted by molar-refractivity contribution is 7.89. The SMILES string of the molecule is COCC(CCO)NS(=O)(=O)c1c(F)cc(N)cc1F. The number of anilines is 1. The van der Waals surface area contributed by atoms with Crippen LogP contribution in [0.3, 0.4) is 0 Å². The second-order valence-corrected chi connectivity index (χ2v) is 5.75. The Morgan fingerprint density at radius 3 is 2.40 bits per heavy atom. The quantitative estimate of drug-likeness (QED) is 0.626. The van der Waals surface area contributed by atoms with Gasteiger partial charge in [0.15, 0.2) is 4.90 Å². The molecule has 0 radical (unpaired) electrons. The first-order chi connectivity index (χ1) is 9.31. The summed E-state index contributed by atoms with van der Waals surface area (Å²) < 4.78 is 58.0. The summed E-state index contributed by atoms with van der Waals surface area (Å²) in [4.78, 5) is -1.11. The molecule has 0 aromatic heterocycles. The van der Waals surface area contributed by atoms with Crippen LogP contribution in [0.4, 0.5) is 14.5 Å². The molecule has 1 unspecified atom stereocenters. The number of methoxy groups -OCH3 is 1. The largest absolute Gasteiger partial charge is 0.399 e. The van der Waals surface area contributed by atoms with E-state index in [1.165, 1.54) is 7.11 Å². The van der Waals surface area contributed by atoms with Gasteiger partial charge in [-0.2, -0.15) is 0 Å². The molecule has 0 aliphatic carbocycles. The van der Waals surface area contributed by atoms with Crippen LogP contribution in [0, 0.1) is 11.6 Å². The number of hydrogen-bond acceptors (Lipinski definition) is 5. The zero-order chi connectivity index (χ0) is 15.3. The highest BCUT2D eigenvalue weighted by Gasteiger charge is 2.27. The molecule has 0 heterocycles. The third-order valence-electron chi connectivity index (χ3n) is 2.46. The minimum Gasteiger partial charge on any atom is -0.399 e. The fraction of sp³-hybridized carbons (Fsp3) is 0.455. The number of hydrogen-bond donors (Lipinski definition) is 3. The molecular weight excluding hydrogens is 294 g/mol. The number of sulfonamides is 1. The topological polar surface area (TPSA) is 102 Å². The van der Waals surface area contributed by atoms with E-state index in [9.17, 15) is 17.2 Å². The summed E-state index contributed by atoms with van der Waals surface area (Å²) in [5.41, 5.74) is 5.00. The molecular formula is C11H16F2N2O4S. The minimum atomic E-state index is -4.43. The standard InChI is InChI=1S/C11H16F2N2O4S/c1-19-6-8(2-3-16)15-20(17,18)11-9(12)4-7(14)5-10(11)13/h4-5,8,15-16H,2-3,6,14H2,1H3. The number of aliphatic hydroxyl groups is 1. The maximum atomic E-state index is 13.6. The van der Waals surface area contributed by atoms with Crippen molar-refractivity contribution in [2.45, 2.75) is 17.4 Å². The Labute approximate surface area is 115 Å². The molecule has 1 aromatic rings.